The fraction of sp³-hybridized carbons (Fsp3) is 1.00. The highest BCUT2D eigenvalue weighted by Crippen LogP contribution is 1.99. The van der Waals surface area contributed by atoms with Crippen LogP contribution in [-0.2, 0) is 0 Å². The summed E-state index contributed by atoms with van der Waals surface area (Å²) in [5, 5.41) is 0. The predicted molar refractivity (Wildman–Crippen MR) is 32.0 cm³/mol. The van der Waals surface area contributed by atoms with E-state index >= 15 is 0 Å². The molecule has 0 radical (unpaired) electrons. The molecule has 2 heteroatoms. The molecule has 1 unspecified atom stereocenters. The quantitative estimate of drug-likeness (QED) is 0.343. The van der Waals surface area contributed by atoms with Crippen LogP contribution in [0.25, 0.3) is 0 Å². The lowest BCUT2D eigenvalue weighted by atomic mass is 10.6. The summed E-state index contributed by atoms with van der Waals surface area (Å²) in [4.78, 5) is 0. The van der Waals surface area contributed by atoms with Gasteiger partial charge in [0.25, 0.3) is 0 Å². The van der Waals surface area contributed by atoms with Gasteiger partial charge in [-0.05, 0) is 6.16 Å². The van der Waals surface area contributed by atoms with Crippen molar-refractivity contribution in [2.45, 2.75) is 13.3 Å². The molecule has 0 fully saturated rings. The van der Waals surface area contributed by atoms with Gasteiger partial charge >= 0.3 is 0 Å². The maximum atomic E-state index is 2.24. The fourth-order valence-corrected chi connectivity index (χ4v) is 0.750. The van der Waals surface area contributed by atoms with Crippen LogP contribution in [-0.4, -0.2) is 13.7 Å². The van der Waals surface area contributed by atoms with Crippen molar-refractivity contribution in [3.63, 3.8) is 0 Å². The van der Waals surface area contributed by atoms with E-state index in [9.17, 15) is 0 Å². The summed E-state index contributed by atoms with van der Waals surface area (Å²) in [6, 6.07) is 0. The third-order valence-electron chi connectivity index (χ3n) is 0.500. The van der Waals surface area contributed by atoms with Gasteiger partial charge in [-0.25, -0.2) is 0 Å². The Balaban J connectivity index is 2.19. The van der Waals surface area contributed by atoms with E-state index in [2.05, 4.69) is 14.5 Å². The molecule has 0 aromatic heterocycles. The summed E-state index contributed by atoms with van der Waals surface area (Å²) >= 11 is 0. The molecular formula is C3H10BP. The molecule has 0 spiro atoms. The zero-order valence-electron chi connectivity index (χ0n) is 3.91. The first-order valence-electron chi connectivity index (χ1n) is 2.06. The van der Waals surface area contributed by atoms with Crippen LogP contribution in [0.5, 0.6) is 0 Å². The second-order valence-electron chi connectivity index (χ2n) is 1.10. The Morgan fingerprint density at radius 1 is 1.80 bits per heavy atom. The topological polar surface area (TPSA) is 0 Å². The van der Waals surface area contributed by atoms with Gasteiger partial charge in [-0.3, -0.25) is 0 Å². The number of hydrogen-bond acceptors (Lipinski definition) is 0. The zero-order chi connectivity index (χ0) is 4.12. The van der Waals surface area contributed by atoms with Crippen LogP contribution < -0.4 is 0 Å². The van der Waals surface area contributed by atoms with Gasteiger partial charge in [0.05, 0.1) is 0 Å². The van der Waals surface area contributed by atoms with Crippen molar-refractivity contribution in [2.24, 2.45) is 0 Å². The first kappa shape index (κ1) is 5.49. The molecule has 0 aliphatic carbocycles. The van der Waals surface area contributed by atoms with Crippen molar-refractivity contribution in [3.8, 4) is 0 Å². The molecule has 0 aliphatic rings. The average Bonchev–Trinajstić information content (AvgIpc) is 1.41. The Morgan fingerprint density at radius 3 is 2.40 bits per heavy atom. The minimum atomic E-state index is 1.16. The van der Waals surface area contributed by atoms with E-state index < -0.39 is 0 Å². The van der Waals surface area contributed by atoms with Crippen LogP contribution >= 0.6 is 8.46 Å². The SMILES string of the molecule is BPCCC. The maximum absolute atomic E-state index is 2.24. The van der Waals surface area contributed by atoms with Crippen molar-refractivity contribution in [1.82, 2.24) is 0 Å². The summed E-state index contributed by atoms with van der Waals surface area (Å²) in [7, 11) is 3.40. The first-order chi connectivity index (χ1) is 2.41. The Labute approximate surface area is 36.5 Å². The van der Waals surface area contributed by atoms with E-state index in [1.54, 1.807) is 0 Å². The van der Waals surface area contributed by atoms with Gasteiger partial charge in [0, 0.05) is 0 Å². The second kappa shape index (κ2) is 4.49. The molecule has 0 saturated heterocycles. The lowest BCUT2D eigenvalue weighted by Crippen LogP contribution is -1.63. The first-order valence-corrected chi connectivity index (χ1v) is 3.77. The Kier molecular flexibility index (Phi) is 4.94. The lowest BCUT2D eigenvalue weighted by Gasteiger charge is -1.80. The molecule has 1 atom stereocenters. The van der Waals surface area contributed by atoms with E-state index in [-0.39, 0.29) is 0 Å². The highest BCUT2D eigenvalue weighted by atomic mass is 31.1. The summed E-state index contributed by atoms with van der Waals surface area (Å²) in [5.41, 5.74) is 0. The Hall–Kier alpha value is 0.495. The highest BCUT2D eigenvalue weighted by molar-refractivity contribution is 7.66. The number of rotatable bonds is 2. The summed E-state index contributed by atoms with van der Waals surface area (Å²) in [5.74, 6) is 0. The Morgan fingerprint density at radius 2 is 2.40 bits per heavy atom. The molecule has 0 heterocycles. The van der Waals surface area contributed by atoms with Crippen molar-refractivity contribution in [3.05, 3.63) is 0 Å². The summed E-state index contributed by atoms with van der Waals surface area (Å²) in [6.07, 6.45) is 2.77. The zero-order valence-corrected chi connectivity index (χ0v) is 4.91. The van der Waals surface area contributed by atoms with Crippen LogP contribution in [0.4, 0.5) is 0 Å². The third-order valence-corrected chi connectivity index (χ3v) is 1.50. The van der Waals surface area contributed by atoms with Gasteiger partial charge in [0.15, 0.2) is 0 Å². The van der Waals surface area contributed by atoms with Crippen molar-refractivity contribution < 1.29 is 0 Å². The van der Waals surface area contributed by atoms with Gasteiger partial charge in [0.1, 0.15) is 7.57 Å². The number of hydrogen-bond donors (Lipinski definition) is 0. The molecule has 0 N–H and O–H groups in total. The van der Waals surface area contributed by atoms with E-state index in [0.29, 0.717) is 0 Å². The smallest absolute Gasteiger partial charge is 0.130 e. The molecule has 0 amide bonds. The second-order valence-corrected chi connectivity index (χ2v) is 2.31. The van der Waals surface area contributed by atoms with E-state index in [1.165, 1.54) is 12.6 Å². The monoisotopic (exact) mass is 88.1 g/mol. The van der Waals surface area contributed by atoms with Crippen molar-refractivity contribution >= 4 is 16.0 Å². The van der Waals surface area contributed by atoms with Crippen molar-refractivity contribution in [2.75, 3.05) is 6.16 Å². The molecular weight excluding hydrogens is 77.8 g/mol. The standard InChI is InChI=1S/C3H10BP/c1-2-3-5-4/h5H,2-4H2,1H3. The Bertz CT molecular complexity index is 14.4. The molecule has 0 saturated carbocycles. The summed E-state index contributed by atoms with van der Waals surface area (Å²) in [6.45, 7) is 2.22. The minimum absolute atomic E-state index is 1.16. The van der Waals surface area contributed by atoms with Gasteiger partial charge in [-0.1, -0.05) is 13.3 Å². The average molecular weight is 87.9 g/mol. The molecule has 0 bridgehead atoms. The van der Waals surface area contributed by atoms with E-state index in [1.807, 2.05) is 0 Å². The van der Waals surface area contributed by atoms with Crippen LogP contribution in [0, 0.1) is 0 Å². The molecule has 30 valence electrons. The van der Waals surface area contributed by atoms with Crippen LogP contribution in [0.3, 0.4) is 0 Å². The van der Waals surface area contributed by atoms with E-state index in [0.717, 1.165) is 8.46 Å². The van der Waals surface area contributed by atoms with Crippen LogP contribution in [0.1, 0.15) is 13.3 Å². The van der Waals surface area contributed by atoms with Gasteiger partial charge in [0.2, 0.25) is 0 Å². The van der Waals surface area contributed by atoms with Crippen LogP contribution in [0.15, 0.2) is 0 Å². The van der Waals surface area contributed by atoms with Crippen LogP contribution in [0.2, 0.25) is 0 Å². The largest absolute Gasteiger partial charge is 0.164 e. The molecule has 5 heavy (non-hydrogen) atoms. The highest BCUT2D eigenvalue weighted by Gasteiger charge is 1.67. The molecule has 0 aliphatic heterocycles. The third kappa shape index (κ3) is 4.49. The molecule has 0 aromatic rings. The van der Waals surface area contributed by atoms with Gasteiger partial charge in [-0.2, -0.15) is 8.46 Å². The van der Waals surface area contributed by atoms with Gasteiger partial charge in [-0.15, -0.1) is 0 Å². The van der Waals surface area contributed by atoms with Crippen molar-refractivity contribution in [1.29, 1.82) is 0 Å². The molecule has 0 rings (SSSR count). The maximum Gasteiger partial charge on any atom is 0.130 e. The normalized spacial score (nSPS) is 10.6. The van der Waals surface area contributed by atoms with Gasteiger partial charge < -0.3 is 0 Å². The summed E-state index contributed by atoms with van der Waals surface area (Å²) < 4.78 is 0. The molecule has 0 nitrogen and oxygen atoms in total. The molecule has 0 aromatic carbocycles. The minimum Gasteiger partial charge on any atom is -0.164 e. The van der Waals surface area contributed by atoms with E-state index in [4.69, 9.17) is 0 Å². The predicted octanol–water partition coefficient (Wildman–Crippen LogP) is 0.623. The fourth-order valence-electron chi connectivity index (χ4n) is 0.250. The lowest BCUT2D eigenvalue weighted by molar-refractivity contribution is 1.11.